The number of piperidine rings is 2. The van der Waals surface area contributed by atoms with Crippen LogP contribution >= 0.6 is 0 Å². The van der Waals surface area contributed by atoms with Crippen molar-refractivity contribution in [3.8, 4) is 5.75 Å². The van der Waals surface area contributed by atoms with Crippen LogP contribution in [0.5, 0.6) is 5.75 Å². The van der Waals surface area contributed by atoms with Gasteiger partial charge in [0.25, 0.3) is 0 Å². The van der Waals surface area contributed by atoms with Gasteiger partial charge in [0.2, 0.25) is 5.95 Å². The van der Waals surface area contributed by atoms with Gasteiger partial charge in [-0.1, -0.05) is 13.3 Å². The number of methoxy groups -OCH3 is 1. The number of likely N-dealkylation sites (tertiary alicyclic amines) is 1. The number of rotatable bonds is 11. The van der Waals surface area contributed by atoms with Crippen molar-refractivity contribution in [3.63, 3.8) is 0 Å². The van der Waals surface area contributed by atoms with Crippen molar-refractivity contribution in [2.24, 2.45) is 0 Å². The summed E-state index contributed by atoms with van der Waals surface area (Å²) in [6.07, 6.45) is 11.1. The summed E-state index contributed by atoms with van der Waals surface area (Å²) in [6.45, 7) is 7.21. The highest BCUT2D eigenvalue weighted by Gasteiger charge is 2.27. The maximum Gasteiger partial charge on any atom is 0.222 e. The molecule has 5 rings (SSSR count). The van der Waals surface area contributed by atoms with E-state index in [4.69, 9.17) is 15.5 Å². The summed E-state index contributed by atoms with van der Waals surface area (Å²) in [5.41, 5.74) is 9.49. The average molecular weight is 538 g/mol. The first-order valence-electron chi connectivity index (χ1n) is 14.4. The Labute approximate surface area is 230 Å². The minimum absolute atomic E-state index is 0.0778. The Morgan fingerprint density at radius 2 is 1.95 bits per heavy atom. The average Bonchev–Trinajstić information content (AvgIpc) is 3.36. The van der Waals surface area contributed by atoms with Crippen molar-refractivity contribution in [2.75, 3.05) is 50.9 Å². The molecule has 3 aromatic heterocycles. The van der Waals surface area contributed by atoms with E-state index in [1.807, 2.05) is 10.9 Å². The van der Waals surface area contributed by atoms with Crippen LogP contribution in [0.1, 0.15) is 69.0 Å². The molecular weight excluding hydrogens is 494 g/mol. The molecule has 212 valence electrons. The number of fused-ring (bicyclic) bond motifs is 1. The third kappa shape index (κ3) is 6.42. The monoisotopic (exact) mass is 537 g/mol. The lowest BCUT2D eigenvalue weighted by Gasteiger charge is -2.39. The Balaban J connectivity index is 1.33. The molecule has 5 heterocycles. The van der Waals surface area contributed by atoms with Crippen LogP contribution < -0.4 is 21.1 Å². The van der Waals surface area contributed by atoms with Crippen LogP contribution in [-0.2, 0) is 6.54 Å². The highest BCUT2D eigenvalue weighted by atomic mass is 16.5. The Morgan fingerprint density at radius 1 is 1.15 bits per heavy atom. The Bertz CT molecular complexity index is 1210. The summed E-state index contributed by atoms with van der Waals surface area (Å²) < 4.78 is 7.66. The largest absolute Gasteiger partial charge is 0.495 e. The molecule has 39 heavy (non-hydrogen) atoms. The number of anilines is 2. The molecule has 11 nitrogen and oxygen atoms in total. The minimum atomic E-state index is 0.0778. The van der Waals surface area contributed by atoms with E-state index in [0.29, 0.717) is 30.2 Å². The van der Waals surface area contributed by atoms with Crippen molar-refractivity contribution in [1.82, 2.24) is 34.9 Å². The van der Waals surface area contributed by atoms with Crippen LogP contribution in [0.2, 0.25) is 0 Å². The highest BCUT2D eigenvalue weighted by Crippen LogP contribution is 2.33. The number of aliphatic hydroxyl groups excluding tert-OH is 1. The first kappa shape index (κ1) is 27.5. The third-order valence-corrected chi connectivity index (χ3v) is 8.26. The molecule has 2 aliphatic rings. The first-order valence-corrected chi connectivity index (χ1v) is 14.4. The summed E-state index contributed by atoms with van der Waals surface area (Å²) in [5.74, 6) is 2.08. The highest BCUT2D eigenvalue weighted by molar-refractivity contribution is 5.86. The zero-order chi connectivity index (χ0) is 27.2. The number of hydrogen-bond acceptors (Lipinski definition) is 10. The quantitative estimate of drug-likeness (QED) is 0.289. The van der Waals surface area contributed by atoms with Gasteiger partial charge < -0.3 is 31.1 Å². The summed E-state index contributed by atoms with van der Waals surface area (Å²) in [7, 11) is 1.70. The summed E-state index contributed by atoms with van der Waals surface area (Å²) >= 11 is 0. The number of hydrogen-bond donors (Lipinski definition) is 4. The Hall–Kier alpha value is -3.02. The van der Waals surface area contributed by atoms with Crippen LogP contribution in [0.15, 0.2) is 18.5 Å². The zero-order valence-electron chi connectivity index (χ0n) is 23.3. The van der Waals surface area contributed by atoms with Crippen molar-refractivity contribution in [1.29, 1.82) is 0 Å². The first-order chi connectivity index (χ1) is 19.1. The second-order valence-corrected chi connectivity index (χ2v) is 10.8. The number of nitrogen functional groups attached to an aromatic ring is 1. The van der Waals surface area contributed by atoms with E-state index in [0.717, 1.165) is 74.9 Å². The summed E-state index contributed by atoms with van der Waals surface area (Å²) in [4.78, 5) is 16.4. The van der Waals surface area contributed by atoms with Gasteiger partial charge in [0, 0.05) is 24.9 Å². The molecule has 0 saturated carbocycles. The molecule has 1 unspecified atom stereocenters. The van der Waals surface area contributed by atoms with Crippen LogP contribution in [0.4, 0.5) is 11.8 Å². The van der Waals surface area contributed by atoms with E-state index >= 15 is 0 Å². The molecule has 3 aromatic rings. The number of nitrogens with zero attached hydrogens (tertiary/aromatic N) is 6. The minimum Gasteiger partial charge on any atom is -0.495 e. The molecule has 0 amide bonds. The van der Waals surface area contributed by atoms with Gasteiger partial charge in [-0.3, -0.25) is 9.67 Å². The lowest BCUT2D eigenvalue weighted by atomic mass is 9.88. The van der Waals surface area contributed by atoms with Gasteiger partial charge in [-0.2, -0.15) is 10.1 Å². The predicted molar refractivity (Wildman–Crippen MR) is 153 cm³/mol. The van der Waals surface area contributed by atoms with E-state index in [1.54, 1.807) is 13.3 Å². The lowest BCUT2D eigenvalue weighted by molar-refractivity contribution is 0.127. The van der Waals surface area contributed by atoms with Crippen LogP contribution in [0, 0.1) is 0 Å². The second kappa shape index (κ2) is 12.9. The van der Waals surface area contributed by atoms with Gasteiger partial charge >= 0.3 is 0 Å². The number of aromatic nitrogens is 5. The molecule has 0 bridgehead atoms. The Kier molecular flexibility index (Phi) is 9.10. The van der Waals surface area contributed by atoms with Crippen LogP contribution in [-0.4, -0.2) is 86.7 Å². The molecule has 0 radical (unpaired) electrons. The van der Waals surface area contributed by atoms with Crippen molar-refractivity contribution < 1.29 is 9.84 Å². The summed E-state index contributed by atoms with van der Waals surface area (Å²) in [6, 6.07) is 2.96. The van der Waals surface area contributed by atoms with E-state index in [-0.39, 0.29) is 18.6 Å². The fourth-order valence-electron chi connectivity index (χ4n) is 6.14. The molecule has 0 spiro atoms. The van der Waals surface area contributed by atoms with Gasteiger partial charge in [0.1, 0.15) is 22.5 Å². The molecule has 2 saturated heterocycles. The molecule has 5 N–H and O–H groups in total. The number of nitrogens with one attached hydrogen (secondary N) is 2. The lowest BCUT2D eigenvalue weighted by Crippen LogP contribution is -2.46. The van der Waals surface area contributed by atoms with Gasteiger partial charge in [-0.25, -0.2) is 4.98 Å². The van der Waals surface area contributed by atoms with Crippen LogP contribution in [0.25, 0.3) is 11.0 Å². The molecule has 11 heteroatoms. The van der Waals surface area contributed by atoms with E-state index in [9.17, 15) is 5.11 Å². The van der Waals surface area contributed by atoms with E-state index in [2.05, 4.69) is 43.6 Å². The second-order valence-electron chi connectivity index (χ2n) is 10.8. The van der Waals surface area contributed by atoms with Crippen molar-refractivity contribution in [2.45, 2.75) is 76.4 Å². The molecule has 2 aliphatic heterocycles. The van der Waals surface area contributed by atoms with Gasteiger partial charge in [0.05, 0.1) is 19.9 Å². The fraction of sp³-hybridized carbons (Fsp3) is 0.643. The van der Waals surface area contributed by atoms with Crippen molar-refractivity contribution >= 4 is 22.8 Å². The predicted octanol–water partition coefficient (Wildman–Crippen LogP) is 2.75. The number of aliphatic hydroxyl groups is 1. The summed E-state index contributed by atoms with van der Waals surface area (Å²) in [5, 5.41) is 21.1. The van der Waals surface area contributed by atoms with E-state index < -0.39 is 0 Å². The smallest absolute Gasteiger partial charge is 0.222 e. The zero-order valence-corrected chi connectivity index (χ0v) is 23.3. The molecule has 1 atom stereocenters. The third-order valence-electron chi connectivity index (χ3n) is 8.26. The molecular formula is C28H43N9O2. The number of ether oxygens (including phenoxy) is 1. The topological polar surface area (TPSA) is 139 Å². The normalized spacial score (nSPS) is 18.4. The van der Waals surface area contributed by atoms with Gasteiger partial charge in [0.15, 0.2) is 5.82 Å². The van der Waals surface area contributed by atoms with E-state index in [1.165, 1.54) is 18.4 Å². The van der Waals surface area contributed by atoms with Crippen LogP contribution in [0.3, 0.4) is 0 Å². The Morgan fingerprint density at radius 3 is 2.67 bits per heavy atom. The fourth-order valence-corrected chi connectivity index (χ4v) is 6.14. The number of pyridine rings is 1. The standard InChI is InChI=1S/C28H43N9O2/c1-3-4-21(9-14-38)33-27-26-23(34-28(29)35-27)17-32-37(26)18-24-25(39-2)15-20(16-31-24)19-7-12-36(13-8-19)22-5-10-30-11-6-22/h15-17,19,21-22,30,38H,3-14,18H2,1-2H3,(H3,29,33,34,35). The number of nitrogens with two attached hydrogens (primary N) is 1. The maximum atomic E-state index is 9.52. The molecule has 0 aromatic carbocycles. The van der Waals surface area contributed by atoms with Crippen molar-refractivity contribution in [3.05, 3.63) is 29.7 Å². The molecule has 2 fully saturated rings. The van der Waals surface area contributed by atoms with Gasteiger partial charge in [-0.05, 0) is 82.3 Å². The SMILES string of the molecule is CCCC(CCO)Nc1nc(N)nc2cnn(Cc3ncc(C4CCN(C5CCNCC5)CC4)cc3OC)c12. The van der Waals surface area contributed by atoms with Gasteiger partial charge in [-0.15, -0.1) is 0 Å². The maximum absolute atomic E-state index is 9.52. The molecule has 0 aliphatic carbocycles.